The molecule has 0 saturated carbocycles. The summed E-state index contributed by atoms with van der Waals surface area (Å²) in [6, 6.07) is 14.3. The van der Waals surface area contributed by atoms with Gasteiger partial charge in [-0.2, -0.15) is 0 Å². The van der Waals surface area contributed by atoms with Gasteiger partial charge in [-0.3, -0.25) is 4.79 Å². The van der Waals surface area contributed by atoms with Crippen LogP contribution >= 0.6 is 22.9 Å². The minimum absolute atomic E-state index is 0.246. The zero-order valence-electron chi connectivity index (χ0n) is 18.3. The molecule has 1 unspecified atom stereocenters. The molecule has 174 valence electrons. The number of aromatic amines is 1. The van der Waals surface area contributed by atoms with E-state index in [-0.39, 0.29) is 5.78 Å². The third kappa shape index (κ3) is 5.08. The second kappa shape index (κ2) is 10.4. The molecule has 0 saturated heterocycles. The highest BCUT2D eigenvalue weighted by atomic mass is 35.5. The van der Waals surface area contributed by atoms with Gasteiger partial charge in [0.15, 0.2) is 11.6 Å². The number of ketones is 1. The third-order valence-electron chi connectivity index (χ3n) is 5.02. The van der Waals surface area contributed by atoms with Gasteiger partial charge in [0.05, 0.1) is 12.1 Å². The highest BCUT2D eigenvalue weighted by Gasteiger charge is 2.29. The van der Waals surface area contributed by atoms with Crippen molar-refractivity contribution in [3.63, 3.8) is 0 Å². The number of benzene rings is 2. The summed E-state index contributed by atoms with van der Waals surface area (Å²) in [6.45, 7) is 1.99. The van der Waals surface area contributed by atoms with Crippen LogP contribution in [0.2, 0.25) is 5.02 Å². The number of anilines is 1. The van der Waals surface area contributed by atoms with E-state index in [4.69, 9.17) is 16.3 Å². The molecule has 3 N–H and O–H groups in total. The first-order valence-electron chi connectivity index (χ1n) is 10.4. The van der Waals surface area contributed by atoms with E-state index in [1.54, 1.807) is 55.6 Å². The van der Waals surface area contributed by atoms with Crippen molar-refractivity contribution in [1.29, 1.82) is 0 Å². The molecule has 11 heteroatoms. The van der Waals surface area contributed by atoms with Crippen molar-refractivity contribution in [2.45, 2.75) is 19.4 Å². The summed E-state index contributed by atoms with van der Waals surface area (Å²) in [5, 5.41) is 20.0. The maximum Gasteiger partial charge on any atom is 0.320 e. The van der Waals surface area contributed by atoms with E-state index < -0.39 is 12.1 Å². The van der Waals surface area contributed by atoms with Crippen LogP contribution in [0.3, 0.4) is 0 Å². The maximum absolute atomic E-state index is 13.5. The normalized spacial score (nSPS) is 11.6. The van der Waals surface area contributed by atoms with Gasteiger partial charge >= 0.3 is 6.03 Å². The zero-order valence-corrected chi connectivity index (χ0v) is 19.9. The molecule has 0 radical (unpaired) electrons. The molecule has 0 bridgehead atoms. The quantitative estimate of drug-likeness (QED) is 0.306. The summed E-state index contributed by atoms with van der Waals surface area (Å²) in [4.78, 5) is 28.0. The number of aryl methyl sites for hydroxylation is 1. The molecule has 0 fully saturated rings. The largest absolute Gasteiger partial charge is 0.497 e. The number of carbonyl (C=O) groups is 2. The van der Waals surface area contributed by atoms with Crippen LogP contribution in [0.1, 0.15) is 44.5 Å². The molecule has 2 aromatic heterocycles. The predicted octanol–water partition coefficient (Wildman–Crippen LogP) is 4.63. The number of ether oxygens (including phenoxy) is 1. The number of hydrogen-bond donors (Lipinski definition) is 3. The van der Waals surface area contributed by atoms with Crippen molar-refractivity contribution in [1.82, 2.24) is 25.9 Å². The van der Waals surface area contributed by atoms with Crippen molar-refractivity contribution < 1.29 is 14.3 Å². The van der Waals surface area contributed by atoms with Crippen LogP contribution in [0.4, 0.5) is 10.5 Å². The Balaban J connectivity index is 1.69. The SMILES string of the molecule is CCc1cc(C(=O)c2ccccc2Cl)c(C(NC(=O)Nc2cccc(OC)c2)c2nnn[nH]2)s1. The van der Waals surface area contributed by atoms with Crippen molar-refractivity contribution in [3.05, 3.63) is 86.3 Å². The zero-order chi connectivity index (χ0) is 24.1. The molecule has 2 heterocycles. The Morgan fingerprint density at radius 3 is 2.68 bits per heavy atom. The number of rotatable bonds is 8. The van der Waals surface area contributed by atoms with Gasteiger partial charge in [-0.15, -0.1) is 16.4 Å². The summed E-state index contributed by atoms with van der Waals surface area (Å²) in [6.07, 6.45) is 0.713. The number of hydrogen-bond acceptors (Lipinski definition) is 7. The first-order valence-corrected chi connectivity index (χ1v) is 11.6. The molecular weight excluding hydrogens is 476 g/mol. The molecular formula is C23H21ClN6O3S. The van der Waals surface area contributed by atoms with E-state index >= 15 is 0 Å². The number of aromatic nitrogens is 4. The Morgan fingerprint density at radius 1 is 1.15 bits per heavy atom. The highest BCUT2D eigenvalue weighted by Crippen LogP contribution is 2.34. The molecule has 2 amide bonds. The van der Waals surface area contributed by atoms with Crippen molar-refractivity contribution in [3.8, 4) is 5.75 Å². The Bertz CT molecular complexity index is 1310. The Hall–Kier alpha value is -3.76. The van der Waals surface area contributed by atoms with Crippen molar-refractivity contribution in [2.75, 3.05) is 12.4 Å². The molecule has 1 atom stereocenters. The monoisotopic (exact) mass is 496 g/mol. The summed E-state index contributed by atoms with van der Waals surface area (Å²) in [5.41, 5.74) is 1.35. The number of amides is 2. The summed E-state index contributed by atoms with van der Waals surface area (Å²) in [5.74, 6) is 0.648. The van der Waals surface area contributed by atoms with Crippen LogP contribution in [0.15, 0.2) is 54.6 Å². The maximum atomic E-state index is 13.5. The summed E-state index contributed by atoms with van der Waals surface area (Å²) < 4.78 is 5.20. The molecule has 4 aromatic rings. The lowest BCUT2D eigenvalue weighted by atomic mass is 10.0. The Kier molecular flexibility index (Phi) is 7.19. The van der Waals surface area contributed by atoms with Gasteiger partial charge in [-0.25, -0.2) is 9.89 Å². The highest BCUT2D eigenvalue weighted by molar-refractivity contribution is 7.12. The molecule has 4 rings (SSSR count). The van der Waals surface area contributed by atoms with Gasteiger partial charge in [0.25, 0.3) is 0 Å². The first-order chi connectivity index (χ1) is 16.5. The van der Waals surface area contributed by atoms with Crippen LogP contribution in [0.25, 0.3) is 0 Å². The van der Waals surface area contributed by atoms with E-state index in [0.717, 1.165) is 4.88 Å². The van der Waals surface area contributed by atoms with Gasteiger partial charge < -0.3 is 15.4 Å². The second-order valence-corrected chi connectivity index (χ2v) is 8.78. The van der Waals surface area contributed by atoms with E-state index in [2.05, 4.69) is 31.3 Å². The van der Waals surface area contributed by atoms with Gasteiger partial charge in [0.2, 0.25) is 0 Å². The van der Waals surface area contributed by atoms with Crippen LogP contribution in [0, 0.1) is 0 Å². The van der Waals surface area contributed by atoms with Crippen molar-refractivity contribution in [2.24, 2.45) is 0 Å². The average molecular weight is 497 g/mol. The molecule has 9 nitrogen and oxygen atoms in total. The summed E-state index contributed by atoms with van der Waals surface area (Å²) in [7, 11) is 1.55. The Labute approximate surface area is 204 Å². The molecule has 2 aromatic carbocycles. The summed E-state index contributed by atoms with van der Waals surface area (Å²) >= 11 is 7.70. The topological polar surface area (TPSA) is 122 Å². The standard InChI is InChI=1S/C23H21ClN6O3S/c1-3-15-12-17(20(31)16-9-4-5-10-18(16)24)21(34-15)19(22-27-29-30-28-22)26-23(32)25-13-7-6-8-14(11-13)33-2/h4-12,19H,3H2,1-2H3,(H2,25,26,32)(H,27,28,29,30). The Morgan fingerprint density at radius 2 is 1.97 bits per heavy atom. The number of halogens is 1. The lowest BCUT2D eigenvalue weighted by Crippen LogP contribution is -2.34. The molecule has 34 heavy (non-hydrogen) atoms. The molecule has 0 aliphatic heterocycles. The number of tetrazole rings is 1. The van der Waals surface area contributed by atoms with Gasteiger partial charge in [0.1, 0.15) is 11.8 Å². The number of thiophene rings is 1. The lowest BCUT2D eigenvalue weighted by molar-refractivity contribution is 0.103. The average Bonchev–Trinajstić information content (AvgIpc) is 3.53. The fourth-order valence-electron chi connectivity index (χ4n) is 3.36. The van der Waals surface area contributed by atoms with Crippen LogP contribution < -0.4 is 15.4 Å². The second-order valence-electron chi connectivity index (χ2n) is 7.20. The number of methoxy groups -OCH3 is 1. The number of carbonyl (C=O) groups excluding carboxylic acids is 2. The number of H-pyrrole nitrogens is 1. The molecule has 0 aliphatic rings. The van der Waals surface area contributed by atoms with Crippen molar-refractivity contribution >= 4 is 40.4 Å². The molecule has 0 spiro atoms. The van der Waals surface area contributed by atoms with E-state index in [1.165, 1.54) is 11.3 Å². The fourth-order valence-corrected chi connectivity index (χ4v) is 4.74. The number of nitrogens with zero attached hydrogens (tertiary/aromatic N) is 3. The molecule has 0 aliphatic carbocycles. The van der Waals surface area contributed by atoms with Gasteiger partial charge in [0, 0.05) is 32.6 Å². The van der Waals surface area contributed by atoms with E-state index in [1.807, 2.05) is 13.0 Å². The van der Waals surface area contributed by atoms with E-state index in [9.17, 15) is 9.59 Å². The first kappa shape index (κ1) is 23.4. The fraction of sp³-hybridized carbons (Fsp3) is 0.174. The van der Waals surface area contributed by atoms with Crippen LogP contribution in [0.5, 0.6) is 5.75 Å². The lowest BCUT2D eigenvalue weighted by Gasteiger charge is -2.17. The minimum atomic E-state index is -0.799. The third-order valence-corrected chi connectivity index (χ3v) is 6.70. The number of urea groups is 1. The van der Waals surface area contributed by atoms with Crippen LogP contribution in [-0.2, 0) is 6.42 Å². The minimum Gasteiger partial charge on any atom is -0.497 e. The smallest absolute Gasteiger partial charge is 0.320 e. The van der Waals surface area contributed by atoms with Crippen LogP contribution in [-0.4, -0.2) is 39.5 Å². The van der Waals surface area contributed by atoms with Gasteiger partial charge in [-0.05, 0) is 47.2 Å². The number of nitrogens with one attached hydrogen (secondary N) is 3. The van der Waals surface area contributed by atoms with Gasteiger partial charge in [-0.1, -0.05) is 36.7 Å². The van der Waals surface area contributed by atoms with E-state index in [0.29, 0.717) is 44.7 Å². The predicted molar refractivity (Wildman–Crippen MR) is 130 cm³/mol.